The molecule has 1 heterocycles. The highest BCUT2D eigenvalue weighted by Crippen LogP contribution is 2.43. The quantitative estimate of drug-likeness (QED) is 0.547. The maximum Gasteiger partial charge on any atom is 0.336 e. The van der Waals surface area contributed by atoms with E-state index in [2.05, 4.69) is 39.8 Å². The van der Waals surface area contributed by atoms with Crippen LogP contribution in [0.3, 0.4) is 0 Å². The molecule has 2 aromatic rings. The molecule has 1 aromatic heterocycles. The van der Waals surface area contributed by atoms with Crippen LogP contribution < -0.4 is 10.4 Å². The van der Waals surface area contributed by atoms with E-state index in [4.69, 9.17) is 9.15 Å². The third-order valence-electron chi connectivity index (χ3n) is 6.07. The number of aliphatic hydroxyl groups excluding tert-OH is 1. The maximum absolute atomic E-state index is 11.4. The van der Waals surface area contributed by atoms with E-state index in [9.17, 15) is 9.90 Å². The zero-order valence-corrected chi connectivity index (χ0v) is 17.2. The van der Waals surface area contributed by atoms with Crippen LogP contribution in [0, 0.1) is 11.3 Å². The summed E-state index contributed by atoms with van der Waals surface area (Å²) in [5, 5.41) is 11.2. The highest BCUT2D eigenvalue weighted by Gasteiger charge is 2.38. The molecule has 0 aliphatic heterocycles. The molecule has 4 nitrogen and oxygen atoms in total. The zero-order chi connectivity index (χ0) is 20.3. The number of hydrogen-bond donors (Lipinski definition) is 1. The predicted molar refractivity (Wildman–Crippen MR) is 113 cm³/mol. The van der Waals surface area contributed by atoms with E-state index in [0.29, 0.717) is 23.9 Å². The van der Waals surface area contributed by atoms with Crippen molar-refractivity contribution in [1.82, 2.24) is 0 Å². The molecule has 2 atom stereocenters. The number of fused-ring (bicyclic) bond motifs is 1. The monoisotopic (exact) mass is 382 g/mol. The third-order valence-corrected chi connectivity index (χ3v) is 6.07. The smallest absolute Gasteiger partial charge is 0.336 e. The summed E-state index contributed by atoms with van der Waals surface area (Å²) in [5.74, 6) is 1.07. The Bertz CT molecular complexity index is 948. The average Bonchev–Trinajstić information content (AvgIpc) is 2.64. The zero-order valence-electron chi connectivity index (χ0n) is 17.2. The van der Waals surface area contributed by atoms with E-state index in [0.717, 1.165) is 24.6 Å². The second-order valence-corrected chi connectivity index (χ2v) is 8.43. The largest absolute Gasteiger partial charge is 0.489 e. The van der Waals surface area contributed by atoms with Crippen molar-refractivity contribution in [2.75, 3.05) is 6.61 Å². The normalized spacial score (nSPS) is 22.2. The number of aliphatic hydroxyl groups is 1. The molecule has 0 spiro atoms. The summed E-state index contributed by atoms with van der Waals surface area (Å²) in [7, 11) is 0. The van der Waals surface area contributed by atoms with Crippen LogP contribution in [-0.2, 0) is 0 Å². The Hall–Kier alpha value is -2.33. The van der Waals surface area contributed by atoms with Crippen LogP contribution in [0.2, 0.25) is 0 Å². The van der Waals surface area contributed by atoms with Gasteiger partial charge in [0.2, 0.25) is 0 Å². The molecule has 0 radical (unpaired) electrons. The van der Waals surface area contributed by atoms with Crippen molar-refractivity contribution in [3.63, 3.8) is 0 Å². The first-order valence-electron chi connectivity index (χ1n) is 9.94. The molecule has 1 aliphatic rings. The number of allylic oxidation sites excluding steroid dienone is 2. The minimum Gasteiger partial charge on any atom is -0.489 e. The summed E-state index contributed by atoms with van der Waals surface area (Å²) in [6.45, 7) is 9.10. The van der Waals surface area contributed by atoms with Crippen LogP contribution in [0.1, 0.15) is 47.0 Å². The SMILES string of the molecule is CC1=CC[C@H](O)C(C)(C)[C@@H]1CC/C(C)=C/COc1ccc2ccc(=O)oc2c1. The molecule has 28 heavy (non-hydrogen) atoms. The fraction of sp³-hybridized carbons (Fsp3) is 0.458. The van der Waals surface area contributed by atoms with Crippen molar-refractivity contribution in [3.05, 3.63) is 64.1 Å². The summed E-state index contributed by atoms with van der Waals surface area (Å²) in [6, 6.07) is 8.68. The lowest BCUT2D eigenvalue weighted by Gasteiger charge is -2.42. The van der Waals surface area contributed by atoms with Crippen molar-refractivity contribution in [2.24, 2.45) is 11.3 Å². The van der Waals surface area contributed by atoms with Crippen molar-refractivity contribution in [1.29, 1.82) is 0 Å². The number of benzene rings is 1. The summed E-state index contributed by atoms with van der Waals surface area (Å²) < 4.78 is 11.0. The van der Waals surface area contributed by atoms with E-state index >= 15 is 0 Å². The molecule has 3 rings (SSSR count). The number of ether oxygens (including phenoxy) is 1. The molecule has 1 N–H and O–H groups in total. The number of rotatable bonds is 6. The predicted octanol–water partition coefficient (Wildman–Crippen LogP) is 5.25. The summed E-state index contributed by atoms with van der Waals surface area (Å²) in [5.41, 5.74) is 2.74. The minimum absolute atomic E-state index is 0.0926. The Morgan fingerprint density at radius 2 is 2.07 bits per heavy atom. The lowest BCUT2D eigenvalue weighted by molar-refractivity contribution is 0.00848. The van der Waals surface area contributed by atoms with Crippen LogP contribution in [-0.4, -0.2) is 17.8 Å². The molecule has 1 aliphatic carbocycles. The Morgan fingerprint density at radius 3 is 2.86 bits per heavy atom. The second-order valence-electron chi connectivity index (χ2n) is 8.43. The van der Waals surface area contributed by atoms with Crippen LogP contribution in [0.5, 0.6) is 5.75 Å². The van der Waals surface area contributed by atoms with Gasteiger partial charge in [0.25, 0.3) is 0 Å². The Kier molecular flexibility index (Phi) is 6.09. The van der Waals surface area contributed by atoms with E-state index in [1.54, 1.807) is 12.1 Å². The first kappa shape index (κ1) is 20.4. The van der Waals surface area contributed by atoms with Gasteiger partial charge in [0.15, 0.2) is 0 Å². The lowest BCUT2D eigenvalue weighted by atomic mass is 9.65. The van der Waals surface area contributed by atoms with Gasteiger partial charge in [-0.3, -0.25) is 0 Å². The molecule has 0 saturated heterocycles. The molecule has 4 heteroatoms. The van der Waals surface area contributed by atoms with Crippen molar-refractivity contribution in [3.8, 4) is 5.75 Å². The van der Waals surface area contributed by atoms with E-state index in [1.165, 1.54) is 17.2 Å². The molecule has 0 saturated carbocycles. The Balaban J connectivity index is 1.57. The van der Waals surface area contributed by atoms with Gasteiger partial charge in [0, 0.05) is 17.5 Å². The van der Waals surface area contributed by atoms with Gasteiger partial charge in [-0.05, 0) is 68.7 Å². The van der Waals surface area contributed by atoms with Gasteiger partial charge in [-0.2, -0.15) is 0 Å². The van der Waals surface area contributed by atoms with Crippen molar-refractivity contribution < 1.29 is 14.3 Å². The molecule has 0 unspecified atom stereocenters. The highest BCUT2D eigenvalue weighted by atomic mass is 16.5. The van der Waals surface area contributed by atoms with Gasteiger partial charge >= 0.3 is 5.63 Å². The Morgan fingerprint density at radius 1 is 1.32 bits per heavy atom. The van der Waals surface area contributed by atoms with Crippen LogP contribution in [0.25, 0.3) is 11.0 Å². The van der Waals surface area contributed by atoms with Crippen LogP contribution in [0.4, 0.5) is 0 Å². The molecule has 0 amide bonds. The van der Waals surface area contributed by atoms with Gasteiger partial charge in [0.05, 0.1) is 6.10 Å². The third kappa shape index (κ3) is 4.56. The molecular weight excluding hydrogens is 352 g/mol. The lowest BCUT2D eigenvalue weighted by Crippen LogP contribution is -2.39. The highest BCUT2D eigenvalue weighted by molar-refractivity contribution is 5.77. The van der Waals surface area contributed by atoms with E-state index < -0.39 is 0 Å². The molecule has 0 fully saturated rings. The topological polar surface area (TPSA) is 59.7 Å². The van der Waals surface area contributed by atoms with Gasteiger partial charge < -0.3 is 14.3 Å². The average molecular weight is 383 g/mol. The van der Waals surface area contributed by atoms with Gasteiger partial charge in [-0.1, -0.05) is 31.1 Å². The standard InChI is InChI=1S/C24H30O4/c1-16(5-10-20-17(2)6-11-22(25)24(20,3)4)13-14-27-19-9-7-18-8-12-23(26)28-21(18)15-19/h6-9,12-13,15,20,22,25H,5,10-11,14H2,1-4H3/b16-13+/t20-,22+/m1/s1. The fourth-order valence-electron chi connectivity index (χ4n) is 4.05. The van der Waals surface area contributed by atoms with Gasteiger partial charge in [-0.25, -0.2) is 4.79 Å². The second kappa shape index (κ2) is 8.36. The summed E-state index contributed by atoms with van der Waals surface area (Å²) in [4.78, 5) is 11.4. The van der Waals surface area contributed by atoms with E-state index in [-0.39, 0.29) is 17.1 Å². The van der Waals surface area contributed by atoms with Gasteiger partial charge in [-0.15, -0.1) is 0 Å². The molecule has 150 valence electrons. The summed E-state index contributed by atoms with van der Waals surface area (Å²) >= 11 is 0. The van der Waals surface area contributed by atoms with E-state index in [1.807, 2.05) is 12.1 Å². The molecule has 1 aromatic carbocycles. The van der Waals surface area contributed by atoms with Crippen LogP contribution >= 0.6 is 0 Å². The molecule has 0 bridgehead atoms. The molecular formula is C24H30O4. The van der Waals surface area contributed by atoms with Crippen molar-refractivity contribution >= 4 is 11.0 Å². The summed E-state index contributed by atoms with van der Waals surface area (Å²) in [6.07, 6.45) is 6.75. The fourth-order valence-corrected chi connectivity index (χ4v) is 4.05. The number of hydrogen-bond acceptors (Lipinski definition) is 4. The maximum atomic E-state index is 11.4. The Labute approximate surface area is 166 Å². The van der Waals surface area contributed by atoms with Crippen LogP contribution in [0.15, 0.2) is 62.8 Å². The first-order chi connectivity index (χ1) is 13.3. The van der Waals surface area contributed by atoms with Crippen molar-refractivity contribution in [2.45, 2.75) is 53.1 Å². The minimum atomic E-state index is -0.361. The first-order valence-corrected chi connectivity index (χ1v) is 9.94. The van der Waals surface area contributed by atoms with Gasteiger partial charge in [0.1, 0.15) is 17.9 Å².